The first-order valence-electron chi connectivity index (χ1n) is 8.80. The number of nitriles is 1. The fraction of sp³-hybridized carbons (Fsp3) is 0.0476. The second-order valence-electron chi connectivity index (χ2n) is 6.47. The van der Waals surface area contributed by atoms with E-state index in [1.165, 1.54) is 12.1 Å². The number of aromatic nitrogens is 6. The quantitative estimate of drug-likeness (QED) is 0.476. The van der Waals surface area contributed by atoms with E-state index in [0.717, 1.165) is 22.3 Å². The second kappa shape index (κ2) is 6.73. The molecule has 29 heavy (non-hydrogen) atoms. The first kappa shape index (κ1) is 16.9. The van der Waals surface area contributed by atoms with Gasteiger partial charge in [-0.25, -0.2) is 18.9 Å². The van der Waals surface area contributed by atoms with Gasteiger partial charge >= 0.3 is 0 Å². The van der Waals surface area contributed by atoms with E-state index in [1.54, 1.807) is 35.4 Å². The van der Waals surface area contributed by atoms with E-state index in [-0.39, 0.29) is 5.56 Å². The molecular weight excluding hydrogens is 369 g/mol. The molecule has 3 heterocycles. The van der Waals surface area contributed by atoms with Gasteiger partial charge in [0.15, 0.2) is 0 Å². The highest BCUT2D eigenvalue weighted by Crippen LogP contribution is 2.21. The van der Waals surface area contributed by atoms with Gasteiger partial charge in [0.05, 0.1) is 34.7 Å². The molecule has 0 saturated heterocycles. The Morgan fingerprint density at radius 3 is 2.59 bits per heavy atom. The van der Waals surface area contributed by atoms with E-state index in [4.69, 9.17) is 5.26 Å². The minimum atomic E-state index is -0.588. The summed E-state index contributed by atoms with van der Waals surface area (Å²) in [5.74, 6) is -0.131. The van der Waals surface area contributed by atoms with Crippen LogP contribution >= 0.6 is 0 Å². The highest BCUT2D eigenvalue weighted by atomic mass is 19.1. The van der Waals surface area contributed by atoms with Crippen LogP contribution in [0.3, 0.4) is 0 Å². The summed E-state index contributed by atoms with van der Waals surface area (Å²) < 4.78 is 15.6. The normalized spacial score (nSPS) is 11.0. The first-order chi connectivity index (χ1) is 14.2. The van der Waals surface area contributed by atoms with Crippen LogP contribution in [0.5, 0.6) is 0 Å². The number of benzene rings is 2. The van der Waals surface area contributed by atoms with Gasteiger partial charge in [-0.3, -0.25) is 9.97 Å². The van der Waals surface area contributed by atoms with E-state index < -0.39 is 5.82 Å². The molecular formula is C21H12FN7. The van der Waals surface area contributed by atoms with Crippen LogP contribution in [0.4, 0.5) is 4.39 Å². The number of fused-ring (bicyclic) bond motifs is 2. The Morgan fingerprint density at radius 1 is 0.931 bits per heavy atom. The highest BCUT2D eigenvalue weighted by molar-refractivity contribution is 5.74. The molecule has 0 spiro atoms. The Bertz CT molecular complexity index is 1420. The van der Waals surface area contributed by atoms with Gasteiger partial charge in [-0.15, -0.1) is 0 Å². The molecule has 7 nitrogen and oxygen atoms in total. The monoisotopic (exact) mass is 381 g/mol. The molecule has 0 radical (unpaired) electrons. The molecule has 0 aliphatic rings. The number of nitrogens with zero attached hydrogens (tertiary/aromatic N) is 7. The summed E-state index contributed by atoms with van der Waals surface area (Å²) in [4.78, 5) is 17.2. The lowest BCUT2D eigenvalue weighted by Crippen LogP contribution is -2.02. The summed E-state index contributed by atoms with van der Waals surface area (Å²) in [7, 11) is 0. The van der Waals surface area contributed by atoms with Gasteiger partial charge in [0.1, 0.15) is 17.6 Å². The molecule has 5 aromatic rings. The van der Waals surface area contributed by atoms with Crippen molar-refractivity contribution >= 4 is 16.8 Å². The zero-order chi connectivity index (χ0) is 19.8. The Labute approximate surface area is 164 Å². The molecule has 0 saturated carbocycles. The van der Waals surface area contributed by atoms with Crippen molar-refractivity contribution in [3.8, 4) is 17.3 Å². The summed E-state index contributed by atoms with van der Waals surface area (Å²) in [6.45, 7) is 0. The molecule has 0 N–H and O–H groups in total. The largest absolute Gasteiger partial charge is 0.253 e. The summed E-state index contributed by atoms with van der Waals surface area (Å²) in [6.07, 6.45) is 7.16. The lowest BCUT2D eigenvalue weighted by Gasteiger charge is -2.05. The van der Waals surface area contributed by atoms with Crippen LogP contribution in [0.15, 0.2) is 61.2 Å². The third-order valence-corrected chi connectivity index (χ3v) is 4.60. The number of halogens is 1. The predicted octanol–water partition coefficient (Wildman–Crippen LogP) is 3.34. The summed E-state index contributed by atoms with van der Waals surface area (Å²) >= 11 is 0. The van der Waals surface area contributed by atoms with Crippen molar-refractivity contribution in [1.29, 1.82) is 5.26 Å². The molecule has 0 bridgehead atoms. The average molecular weight is 381 g/mol. The molecule has 5 rings (SSSR count). The van der Waals surface area contributed by atoms with E-state index in [1.807, 2.05) is 24.3 Å². The standard InChI is InChI=1S/C21H12FN7/c22-17-9-14(2-3-15(17)10-23)20-12-27-21-26-11-16(29(21)28-20)7-13-1-4-18-19(8-13)25-6-5-24-18/h1-6,8-9,11-12H,7H2. The Morgan fingerprint density at radius 2 is 1.76 bits per heavy atom. The molecule has 3 aromatic heterocycles. The predicted molar refractivity (Wildman–Crippen MR) is 103 cm³/mol. The number of imidazole rings is 1. The summed E-state index contributed by atoms with van der Waals surface area (Å²) in [5, 5.41) is 13.5. The third kappa shape index (κ3) is 3.04. The summed E-state index contributed by atoms with van der Waals surface area (Å²) in [6, 6.07) is 12.1. The van der Waals surface area contributed by atoms with Gasteiger partial charge in [-0.2, -0.15) is 10.4 Å². The minimum Gasteiger partial charge on any atom is -0.253 e. The fourth-order valence-corrected chi connectivity index (χ4v) is 3.17. The molecule has 0 fully saturated rings. The lowest BCUT2D eigenvalue weighted by atomic mass is 10.1. The molecule has 0 aliphatic heterocycles. The Hall–Kier alpha value is -4.25. The first-order valence-corrected chi connectivity index (χ1v) is 8.80. The number of hydrogen-bond donors (Lipinski definition) is 0. The maximum Gasteiger partial charge on any atom is 0.250 e. The molecule has 0 atom stereocenters. The zero-order valence-corrected chi connectivity index (χ0v) is 15.0. The van der Waals surface area contributed by atoms with E-state index >= 15 is 0 Å². The van der Waals surface area contributed by atoms with Crippen molar-refractivity contribution in [1.82, 2.24) is 29.5 Å². The number of hydrogen-bond acceptors (Lipinski definition) is 6. The Balaban J connectivity index is 1.54. The molecule has 0 unspecified atom stereocenters. The smallest absolute Gasteiger partial charge is 0.250 e. The van der Waals surface area contributed by atoms with Crippen LogP contribution in [0.2, 0.25) is 0 Å². The van der Waals surface area contributed by atoms with Crippen molar-refractivity contribution in [2.45, 2.75) is 6.42 Å². The highest BCUT2D eigenvalue weighted by Gasteiger charge is 2.11. The molecule has 138 valence electrons. The Kier molecular flexibility index (Phi) is 3.92. The van der Waals surface area contributed by atoms with Crippen molar-refractivity contribution in [2.24, 2.45) is 0 Å². The summed E-state index contributed by atoms with van der Waals surface area (Å²) in [5.41, 5.74) is 4.55. The van der Waals surface area contributed by atoms with Crippen molar-refractivity contribution in [2.75, 3.05) is 0 Å². The minimum absolute atomic E-state index is 0.00879. The van der Waals surface area contributed by atoms with Gasteiger partial charge in [0.25, 0.3) is 5.78 Å². The maximum atomic E-state index is 14.0. The van der Waals surface area contributed by atoms with Gasteiger partial charge in [0.2, 0.25) is 0 Å². The van der Waals surface area contributed by atoms with Crippen LogP contribution < -0.4 is 0 Å². The molecule has 0 aliphatic carbocycles. The lowest BCUT2D eigenvalue weighted by molar-refractivity contribution is 0.624. The van der Waals surface area contributed by atoms with Gasteiger partial charge in [-0.1, -0.05) is 12.1 Å². The van der Waals surface area contributed by atoms with Crippen LogP contribution in [0.1, 0.15) is 16.8 Å². The van der Waals surface area contributed by atoms with Crippen molar-refractivity contribution < 1.29 is 4.39 Å². The van der Waals surface area contributed by atoms with E-state index in [0.29, 0.717) is 23.5 Å². The zero-order valence-electron chi connectivity index (χ0n) is 15.0. The second-order valence-corrected chi connectivity index (χ2v) is 6.47. The van der Waals surface area contributed by atoms with Crippen molar-refractivity contribution in [3.63, 3.8) is 0 Å². The van der Waals surface area contributed by atoms with Gasteiger partial charge in [-0.05, 0) is 29.8 Å². The topological polar surface area (TPSA) is 92.6 Å². The van der Waals surface area contributed by atoms with Crippen LogP contribution in [-0.4, -0.2) is 29.5 Å². The average Bonchev–Trinajstić information content (AvgIpc) is 3.15. The van der Waals surface area contributed by atoms with E-state index in [2.05, 4.69) is 25.0 Å². The van der Waals surface area contributed by atoms with Crippen LogP contribution in [0, 0.1) is 17.1 Å². The number of rotatable bonds is 3. The van der Waals surface area contributed by atoms with Gasteiger partial charge < -0.3 is 0 Å². The SMILES string of the molecule is N#Cc1ccc(-c2cnc3ncc(Cc4ccc5nccnc5c4)n3n2)cc1F. The van der Waals surface area contributed by atoms with Crippen LogP contribution in [0.25, 0.3) is 28.1 Å². The van der Waals surface area contributed by atoms with E-state index in [9.17, 15) is 4.39 Å². The molecule has 2 aromatic carbocycles. The maximum absolute atomic E-state index is 14.0. The fourth-order valence-electron chi connectivity index (χ4n) is 3.17. The molecule has 8 heteroatoms. The van der Waals surface area contributed by atoms with Crippen LogP contribution in [-0.2, 0) is 6.42 Å². The van der Waals surface area contributed by atoms with Gasteiger partial charge in [0, 0.05) is 24.4 Å². The van der Waals surface area contributed by atoms with Crippen molar-refractivity contribution in [3.05, 3.63) is 83.8 Å². The third-order valence-electron chi connectivity index (χ3n) is 4.60. The molecule has 0 amide bonds.